The molecule has 1 aromatic heterocycles. The summed E-state index contributed by atoms with van der Waals surface area (Å²) in [7, 11) is 0. The summed E-state index contributed by atoms with van der Waals surface area (Å²) in [6.45, 7) is 11.7. The fourth-order valence-electron chi connectivity index (χ4n) is 5.03. The van der Waals surface area contributed by atoms with Gasteiger partial charge < -0.3 is 14.0 Å². The Balaban J connectivity index is 1.96. The minimum Gasteiger partial charge on any atom is -0.492 e. The van der Waals surface area contributed by atoms with E-state index in [1.165, 1.54) is 42.9 Å². The molecule has 0 saturated heterocycles. The summed E-state index contributed by atoms with van der Waals surface area (Å²) < 4.78 is 55.0. The smallest absolute Gasteiger partial charge is 0.400 e. The van der Waals surface area contributed by atoms with Gasteiger partial charge in [0, 0.05) is 34.8 Å². The van der Waals surface area contributed by atoms with Crippen molar-refractivity contribution >= 4 is 16.9 Å². The molecule has 0 N–H and O–H groups in total. The highest BCUT2D eigenvalue weighted by Crippen LogP contribution is 2.40. The van der Waals surface area contributed by atoms with Gasteiger partial charge in [0.2, 0.25) is 0 Å². The van der Waals surface area contributed by atoms with E-state index in [4.69, 9.17) is 9.47 Å². The third-order valence-electron chi connectivity index (χ3n) is 7.87. The Hall–Kier alpha value is -3.22. The van der Waals surface area contributed by atoms with Gasteiger partial charge in [-0.15, -0.1) is 0 Å². The van der Waals surface area contributed by atoms with Crippen LogP contribution in [0.2, 0.25) is 0 Å². The third-order valence-corrected chi connectivity index (χ3v) is 7.87. The summed E-state index contributed by atoms with van der Waals surface area (Å²) in [6, 6.07) is 14.4. The molecule has 0 radical (unpaired) electrons. The molecule has 1 unspecified atom stereocenters. The van der Waals surface area contributed by atoms with E-state index in [9.17, 15) is 18.0 Å². The van der Waals surface area contributed by atoms with Crippen molar-refractivity contribution in [3.05, 3.63) is 65.7 Å². The monoisotopic (exact) mass is 585 g/mol. The van der Waals surface area contributed by atoms with Crippen LogP contribution in [0.25, 0.3) is 22.2 Å². The molecule has 0 aliphatic rings. The van der Waals surface area contributed by atoms with Crippen molar-refractivity contribution in [1.29, 1.82) is 0 Å². The SMILES string of the molecule is C=C(C)C(=O)OCC(C)(COc1ccc2cc(-c3ccc(CCCCC)cc3CC)n(CCCCC)c2c1)C(F)(F)F. The molecular weight excluding hydrogens is 539 g/mol. The van der Waals surface area contributed by atoms with Gasteiger partial charge in [0.25, 0.3) is 0 Å². The highest BCUT2D eigenvalue weighted by atomic mass is 19.4. The predicted octanol–water partition coefficient (Wildman–Crippen LogP) is 9.86. The zero-order valence-corrected chi connectivity index (χ0v) is 25.8. The van der Waals surface area contributed by atoms with Gasteiger partial charge in [-0.25, -0.2) is 4.79 Å². The van der Waals surface area contributed by atoms with E-state index >= 15 is 0 Å². The van der Waals surface area contributed by atoms with Crippen LogP contribution in [0.4, 0.5) is 13.2 Å². The van der Waals surface area contributed by atoms with Gasteiger partial charge in [0.15, 0.2) is 0 Å². The second kappa shape index (κ2) is 14.8. The van der Waals surface area contributed by atoms with Gasteiger partial charge in [-0.3, -0.25) is 0 Å². The number of ether oxygens (including phenoxy) is 2. The largest absolute Gasteiger partial charge is 0.492 e. The maximum absolute atomic E-state index is 14.0. The summed E-state index contributed by atoms with van der Waals surface area (Å²) >= 11 is 0. The molecule has 0 spiro atoms. The average Bonchev–Trinajstić information content (AvgIpc) is 3.31. The molecule has 42 heavy (non-hydrogen) atoms. The second-order valence-corrected chi connectivity index (χ2v) is 11.6. The number of halogens is 3. The molecule has 0 fully saturated rings. The first kappa shape index (κ1) is 33.3. The number of rotatable bonds is 16. The van der Waals surface area contributed by atoms with Gasteiger partial charge in [0.1, 0.15) is 24.4 Å². The van der Waals surface area contributed by atoms with Crippen molar-refractivity contribution in [2.75, 3.05) is 13.2 Å². The van der Waals surface area contributed by atoms with Crippen LogP contribution in [0.5, 0.6) is 5.75 Å². The number of unbranched alkanes of at least 4 members (excludes halogenated alkanes) is 4. The molecule has 1 heterocycles. The van der Waals surface area contributed by atoms with Crippen LogP contribution in [-0.2, 0) is 28.9 Å². The average molecular weight is 586 g/mol. The molecule has 1 atom stereocenters. The second-order valence-electron chi connectivity index (χ2n) is 11.6. The third kappa shape index (κ3) is 8.20. The van der Waals surface area contributed by atoms with Crippen LogP contribution in [0.1, 0.15) is 84.3 Å². The van der Waals surface area contributed by atoms with Crippen molar-refractivity contribution in [3.63, 3.8) is 0 Å². The molecule has 3 aromatic rings. The Morgan fingerprint density at radius 2 is 1.64 bits per heavy atom. The topological polar surface area (TPSA) is 40.5 Å². The minimum atomic E-state index is -4.64. The van der Waals surface area contributed by atoms with E-state index in [-0.39, 0.29) is 5.57 Å². The number of carbonyl (C=O) groups is 1. The quantitative estimate of drug-likeness (QED) is 0.0954. The zero-order chi connectivity index (χ0) is 30.9. The van der Waals surface area contributed by atoms with Crippen LogP contribution in [0.3, 0.4) is 0 Å². The van der Waals surface area contributed by atoms with Gasteiger partial charge in [-0.05, 0) is 68.9 Å². The Kier molecular flexibility index (Phi) is 11.7. The van der Waals surface area contributed by atoms with Crippen LogP contribution < -0.4 is 4.74 Å². The number of esters is 1. The molecule has 0 bridgehead atoms. The van der Waals surface area contributed by atoms with Crippen molar-refractivity contribution in [2.45, 2.75) is 98.7 Å². The maximum atomic E-state index is 14.0. The Morgan fingerprint density at radius 3 is 2.29 bits per heavy atom. The summed E-state index contributed by atoms with van der Waals surface area (Å²) in [5.74, 6) is -0.516. The number of aromatic nitrogens is 1. The van der Waals surface area contributed by atoms with Gasteiger partial charge in [-0.1, -0.05) is 71.2 Å². The number of alkyl halides is 3. The normalized spacial score (nSPS) is 13.2. The number of benzene rings is 2. The van der Waals surface area contributed by atoms with Crippen molar-refractivity contribution in [2.24, 2.45) is 5.41 Å². The molecule has 2 aromatic carbocycles. The first-order valence-electron chi connectivity index (χ1n) is 15.2. The number of hydrogen-bond donors (Lipinski definition) is 0. The number of carbonyl (C=O) groups excluding carboxylic acids is 1. The minimum absolute atomic E-state index is 0.0443. The standard InChI is InChI=1S/C35H46F3NO3/c1-7-10-12-14-26-15-18-30(27(9-3)20-26)32-21-28-16-17-29(22-31(28)39(32)19-13-11-8-2)41-23-34(6,35(36,37)38)24-42-33(40)25(4)5/h15-18,20-22H,4,7-14,19,23-24H2,1-3,5-6H3. The van der Waals surface area contributed by atoms with E-state index in [0.717, 1.165) is 62.2 Å². The molecule has 0 aliphatic carbocycles. The summed E-state index contributed by atoms with van der Waals surface area (Å²) in [4.78, 5) is 11.8. The first-order valence-corrected chi connectivity index (χ1v) is 15.2. The number of hydrogen-bond acceptors (Lipinski definition) is 3. The van der Waals surface area contributed by atoms with E-state index in [1.54, 1.807) is 6.07 Å². The van der Waals surface area contributed by atoms with Crippen LogP contribution in [0, 0.1) is 5.41 Å². The Bertz CT molecular complexity index is 1360. The fourth-order valence-corrected chi connectivity index (χ4v) is 5.03. The zero-order valence-electron chi connectivity index (χ0n) is 25.8. The highest BCUT2D eigenvalue weighted by molar-refractivity contribution is 5.89. The molecule has 0 amide bonds. The van der Waals surface area contributed by atoms with E-state index in [1.807, 2.05) is 12.1 Å². The van der Waals surface area contributed by atoms with Gasteiger partial charge in [-0.2, -0.15) is 13.2 Å². The van der Waals surface area contributed by atoms with E-state index in [2.05, 4.69) is 56.2 Å². The Labute approximate surface area is 248 Å². The van der Waals surface area contributed by atoms with Gasteiger partial charge >= 0.3 is 12.1 Å². The fraction of sp³-hybridized carbons (Fsp3) is 0.514. The molecule has 4 nitrogen and oxygen atoms in total. The first-order chi connectivity index (χ1) is 19.9. The molecule has 230 valence electrons. The molecule has 7 heteroatoms. The van der Waals surface area contributed by atoms with Crippen molar-refractivity contribution < 1.29 is 27.4 Å². The maximum Gasteiger partial charge on any atom is 0.400 e. The molecular formula is C35H46F3NO3. The van der Waals surface area contributed by atoms with Crippen LogP contribution in [-0.4, -0.2) is 29.9 Å². The number of nitrogens with zero attached hydrogens (tertiary/aromatic N) is 1. The Morgan fingerprint density at radius 1 is 0.929 bits per heavy atom. The number of fused-ring (bicyclic) bond motifs is 1. The molecule has 0 saturated carbocycles. The lowest BCUT2D eigenvalue weighted by Crippen LogP contribution is -2.44. The van der Waals surface area contributed by atoms with Crippen LogP contribution >= 0.6 is 0 Å². The van der Waals surface area contributed by atoms with E-state index < -0.39 is 30.8 Å². The number of aryl methyl sites for hydroxylation is 3. The lowest BCUT2D eigenvalue weighted by Gasteiger charge is -2.31. The van der Waals surface area contributed by atoms with Crippen LogP contribution in [0.15, 0.2) is 54.6 Å². The van der Waals surface area contributed by atoms with Gasteiger partial charge in [0.05, 0.1) is 5.52 Å². The highest BCUT2D eigenvalue weighted by Gasteiger charge is 2.53. The van der Waals surface area contributed by atoms with Crippen molar-refractivity contribution in [1.82, 2.24) is 4.57 Å². The summed E-state index contributed by atoms with van der Waals surface area (Å²) in [5.41, 5.74) is 3.55. The predicted molar refractivity (Wildman–Crippen MR) is 165 cm³/mol. The molecule has 3 rings (SSSR count). The molecule has 0 aliphatic heterocycles. The lowest BCUT2D eigenvalue weighted by atomic mass is 9.92. The summed E-state index contributed by atoms with van der Waals surface area (Å²) in [6.07, 6.45) is 4.11. The van der Waals surface area contributed by atoms with E-state index in [0.29, 0.717) is 5.75 Å². The summed E-state index contributed by atoms with van der Waals surface area (Å²) in [5, 5.41) is 1.01. The van der Waals surface area contributed by atoms with Crippen molar-refractivity contribution in [3.8, 4) is 17.0 Å². The lowest BCUT2D eigenvalue weighted by molar-refractivity contribution is -0.240.